The van der Waals surface area contributed by atoms with E-state index in [4.69, 9.17) is 9.16 Å². The smallest absolute Gasteiger partial charge is 0.328 e. The number of carbonyl (C=O) groups excluding carboxylic acids is 2. The number of ether oxygens (including phenoxy) is 1. The number of amides is 1. The SMILES string of the molecule is COC(=O)[C@@H](NC(=O)[C@H](Cc1ccccc1)O[Si](C)(C)C(C)(C)C)C(C)C. The van der Waals surface area contributed by atoms with Crippen LogP contribution in [0, 0.1) is 5.92 Å². The summed E-state index contributed by atoms with van der Waals surface area (Å²) in [5, 5.41) is 2.82. The zero-order valence-corrected chi connectivity index (χ0v) is 19.0. The molecule has 0 unspecified atom stereocenters. The van der Waals surface area contributed by atoms with Gasteiger partial charge in [-0.05, 0) is 29.6 Å². The topological polar surface area (TPSA) is 64.6 Å². The van der Waals surface area contributed by atoms with Gasteiger partial charge in [0.05, 0.1) is 7.11 Å². The van der Waals surface area contributed by atoms with E-state index in [2.05, 4.69) is 39.2 Å². The van der Waals surface area contributed by atoms with Crippen LogP contribution in [-0.4, -0.2) is 39.4 Å². The summed E-state index contributed by atoms with van der Waals surface area (Å²) in [6, 6.07) is 9.11. The lowest BCUT2D eigenvalue weighted by Gasteiger charge is -2.39. The number of rotatable bonds is 8. The molecule has 2 atom stereocenters. The second-order valence-electron chi connectivity index (χ2n) is 8.81. The van der Waals surface area contributed by atoms with Crippen LogP contribution in [0.3, 0.4) is 0 Å². The molecule has 5 nitrogen and oxygen atoms in total. The molecule has 0 bridgehead atoms. The Morgan fingerprint density at radius 1 is 1.11 bits per heavy atom. The molecule has 0 spiro atoms. The van der Waals surface area contributed by atoms with E-state index in [1.807, 2.05) is 44.2 Å². The van der Waals surface area contributed by atoms with Crippen LogP contribution in [0.15, 0.2) is 30.3 Å². The maximum Gasteiger partial charge on any atom is 0.328 e. The van der Waals surface area contributed by atoms with Crippen LogP contribution in [0.4, 0.5) is 0 Å². The minimum atomic E-state index is -2.18. The van der Waals surface area contributed by atoms with Crippen molar-refractivity contribution in [2.45, 2.75) is 71.3 Å². The van der Waals surface area contributed by atoms with Crippen LogP contribution in [-0.2, 0) is 25.2 Å². The Labute approximate surface area is 165 Å². The fourth-order valence-corrected chi connectivity index (χ4v) is 3.67. The van der Waals surface area contributed by atoms with Crippen molar-refractivity contribution < 1.29 is 18.8 Å². The van der Waals surface area contributed by atoms with Crippen LogP contribution in [0.5, 0.6) is 0 Å². The van der Waals surface area contributed by atoms with Crippen molar-refractivity contribution in [2.24, 2.45) is 5.92 Å². The predicted molar refractivity (Wildman–Crippen MR) is 111 cm³/mol. The molecule has 0 fully saturated rings. The fourth-order valence-electron chi connectivity index (χ4n) is 2.42. The first-order valence-corrected chi connectivity index (χ1v) is 12.4. The molecular weight excluding hydrogens is 358 g/mol. The Hall–Kier alpha value is -1.66. The van der Waals surface area contributed by atoms with Crippen LogP contribution < -0.4 is 5.32 Å². The molecule has 1 aromatic carbocycles. The van der Waals surface area contributed by atoms with Crippen LogP contribution in [0.1, 0.15) is 40.2 Å². The molecule has 0 saturated carbocycles. The van der Waals surface area contributed by atoms with Gasteiger partial charge < -0.3 is 14.5 Å². The lowest BCUT2D eigenvalue weighted by molar-refractivity contribution is -0.147. The number of benzene rings is 1. The normalized spacial score (nSPS) is 14.6. The molecule has 1 amide bonds. The first-order valence-electron chi connectivity index (χ1n) is 9.49. The van der Waals surface area contributed by atoms with E-state index in [0.717, 1.165) is 5.56 Å². The summed E-state index contributed by atoms with van der Waals surface area (Å²) in [6.07, 6.45) is -0.190. The van der Waals surface area contributed by atoms with Crippen molar-refractivity contribution in [3.63, 3.8) is 0 Å². The van der Waals surface area contributed by atoms with Gasteiger partial charge in [0.25, 0.3) is 0 Å². The molecule has 1 rings (SSSR count). The molecule has 6 heteroatoms. The van der Waals surface area contributed by atoms with Crippen molar-refractivity contribution in [3.8, 4) is 0 Å². The lowest BCUT2D eigenvalue weighted by Crippen LogP contribution is -2.53. The van der Waals surface area contributed by atoms with E-state index >= 15 is 0 Å². The van der Waals surface area contributed by atoms with Crippen LogP contribution in [0.2, 0.25) is 18.1 Å². The summed E-state index contributed by atoms with van der Waals surface area (Å²) in [7, 11) is -0.845. The quantitative estimate of drug-likeness (QED) is 0.537. The zero-order chi connectivity index (χ0) is 20.8. The Bertz CT molecular complexity index is 623. The Kier molecular flexibility index (Phi) is 8.23. The van der Waals surface area contributed by atoms with Crippen molar-refractivity contribution >= 4 is 20.2 Å². The highest BCUT2D eigenvalue weighted by Gasteiger charge is 2.41. The van der Waals surface area contributed by atoms with E-state index < -0.39 is 26.4 Å². The molecule has 1 N–H and O–H groups in total. The summed E-state index contributed by atoms with van der Waals surface area (Å²) in [5.41, 5.74) is 1.02. The van der Waals surface area contributed by atoms with Gasteiger partial charge in [-0.3, -0.25) is 4.79 Å². The standard InChI is InChI=1S/C21H35NO4Si/c1-15(2)18(20(24)25-6)22-19(23)17(14-16-12-10-9-11-13-16)26-27(7,8)21(3,4)5/h9-13,15,17-18H,14H2,1-8H3,(H,22,23)/t17-,18-/m0/s1. The number of methoxy groups -OCH3 is 1. The maximum atomic E-state index is 13.1. The zero-order valence-electron chi connectivity index (χ0n) is 18.0. The van der Waals surface area contributed by atoms with Gasteiger partial charge in [0.15, 0.2) is 8.32 Å². The van der Waals surface area contributed by atoms with Gasteiger partial charge in [-0.25, -0.2) is 4.79 Å². The molecule has 0 heterocycles. The first-order chi connectivity index (χ1) is 12.4. The third-order valence-corrected chi connectivity index (χ3v) is 9.71. The highest BCUT2D eigenvalue weighted by molar-refractivity contribution is 6.74. The molecule has 0 aromatic heterocycles. The lowest BCUT2D eigenvalue weighted by atomic mass is 10.0. The summed E-state index contributed by atoms with van der Waals surface area (Å²) in [5.74, 6) is -0.788. The van der Waals surface area contributed by atoms with E-state index in [9.17, 15) is 9.59 Å². The van der Waals surface area contributed by atoms with E-state index in [1.54, 1.807) is 0 Å². The third-order valence-electron chi connectivity index (χ3n) is 5.22. The number of hydrogen-bond donors (Lipinski definition) is 1. The minimum absolute atomic E-state index is 0.0258. The molecule has 0 aliphatic heterocycles. The predicted octanol–water partition coefficient (Wildman–Crippen LogP) is 3.93. The van der Waals surface area contributed by atoms with E-state index in [1.165, 1.54) is 7.11 Å². The molecule has 0 radical (unpaired) electrons. The number of carbonyl (C=O) groups is 2. The van der Waals surface area contributed by atoms with E-state index in [-0.39, 0.29) is 16.9 Å². The Balaban J connectivity index is 3.08. The Morgan fingerprint density at radius 2 is 1.67 bits per heavy atom. The van der Waals surface area contributed by atoms with Gasteiger partial charge in [0.1, 0.15) is 12.1 Å². The van der Waals surface area contributed by atoms with Gasteiger partial charge in [-0.15, -0.1) is 0 Å². The highest BCUT2D eigenvalue weighted by Crippen LogP contribution is 2.37. The third kappa shape index (κ3) is 6.77. The molecule has 0 saturated heterocycles. The summed E-state index contributed by atoms with van der Waals surface area (Å²) < 4.78 is 11.3. The number of hydrogen-bond acceptors (Lipinski definition) is 4. The second kappa shape index (κ2) is 9.51. The second-order valence-corrected chi connectivity index (χ2v) is 13.6. The van der Waals surface area contributed by atoms with Gasteiger partial charge >= 0.3 is 5.97 Å². The largest absolute Gasteiger partial charge is 0.467 e. The van der Waals surface area contributed by atoms with Crippen molar-refractivity contribution in [1.29, 1.82) is 0 Å². The van der Waals surface area contributed by atoms with Gasteiger partial charge in [-0.2, -0.15) is 0 Å². The van der Waals surface area contributed by atoms with Crippen molar-refractivity contribution in [3.05, 3.63) is 35.9 Å². The fraction of sp³-hybridized carbons (Fsp3) is 0.619. The van der Waals surface area contributed by atoms with Gasteiger partial charge in [-0.1, -0.05) is 65.0 Å². The average molecular weight is 394 g/mol. The number of nitrogens with one attached hydrogen (secondary N) is 1. The molecule has 27 heavy (non-hydrogen) atoms. The van der Waals surface area contributed by atoms with Crippen molar-refractivity contribution in [1.82, 2.24) is 5.32 Å². The van der Waals surface area contributed by atoms with Crippen molar-refractivity contribution in [2.75, 3.05) is 7.11 Å². The van der Waals surface area contributed by atoms with Gasteiger partial charge in [0.2, 0.25) is 5.91 Å². The maximum absolute atomic E-state index is 13.1. The molecule has 152 valence electrons. The van der Waals surface area contributed by atoms with Crippen LogP contribution in [0.25, 0.3) is 0 Å². The summed E-state index contributed by atoms with van der Waals surface area (Å²) >= 11 is 0. The summed E-state index contributed by atoms with van der Waals surface area (Å²) in [6.45, 7) is 14.4. The molecule has 0 aliphatic rings. The van der Waals surface area contributed by atoms with Crippen LogP contribution >= 0.6 is 0 Å². The van der Waals surface area contributed by atoms with E-state index in [0.29, 0.717) is 6.42 Å². The van der Waals surface area contributed by atoms with Gasteiger partial charge in [0, 0.05) is 6.42 Å². The highest BCUT2D eigenvalue weighted by atomic mass is 28.4. The minimum Gasteiger partial charge on any atom is -0.467 e. The number of esters is 1. The summed E-state index contributed by atoms with van der Waals surface area (Å²) in [4.78, 5) is 25.1. The molecule has 0 aliphatic carbocycles. The average Bonchev–Trinajstić information content (AvgIpc) is 2.57. The molecule has 1 aromatic rings. The Morgan fingerprint density at radius 3 is 2.11 bits per heavy atom. The monoisotopic (exact) mass is 393 g/mol. The molecular formula is C21H35NO4Si. The first kappa shape index (κ1) is 23.4.